The molecule has 2 aromatic rings. The summed E-state index contributed by atoms with van der Waals surface area (Å²) in [6, 6.07) is 11.3. The van der Waals surface area contributed by atoms with Gasteiger partial charge in [-0.05, 0) is 29.2 Å². The molecule has 0 aromatic heterocycles. The fourth-order valence-corrected chi connectivity index (χ4v) is 2.38. The van der Waals surface area contributed by atoms with E-state index >= 15 is 0 Å². The van der Waals surface area contributed by atoms with Gasteiger partial charge in [0.05, 0.1) is 6.54 Å². The Morgan fingerprint density at radius 3 is 2.42 bits per heavy atom. The van der Waals surface area contributed by atoms with E-state index < -0.39 is 11.6 Å². The summed E-state index contributed by atoms with van der Waals surface area (Å²) < 4.78 is 31.2. The Labute approximate surface area is 152 Å². The zero-order chi connectivity index (χ0) is 19.1. The van der Waals surface area contributed by atoms with Crippen LogP contribution in [0.15, 0.2) is 42.5 Å². The molecule has 26 heavy (non-hydrogen) atoms. The van der Waals surface area contributed by atoms with E-state index in [1.54, 1.807) is 11.9 Å². The lowest BCUT2D eigenvalue weighted by atomic mass is 10.0. The Kier molecular flexibility index (Phi) is 6.95. The van der Waals surface area contributed by atoms with E-state index in [1.807, 2.05) is 12.1 Å². The molecule has 2 aromatic carbocycles. The number of halogens is 2. The second kappa shape index (κ2) is 9.17. The Morgan fingerprint density at radius 2 is 1.81 bits per heavy atom. The molecule has 0 fully saturated rings. The summed E-state index contributed by atoms with van der Waals surface area (Å²) in [5.74, 6) is -1.19. The predicted molar refractivity (Wildman–Crippen MR) is 97.2 cm³/mol. The van der Waals surface area contributed by atoms with Gasteiger partial charge in [-0.25, -0.2) is 13.6 Å². The molecule has 0 aliphatic rings. The maximum atomic E-state index is 13.1. The molecule has 0 aliphatic carbocycles. The molecule has 2 amide bonds. The molecule has 4 nitrogen and oxygen atoms in total. The predicted octanol–water partition coefficient (Wildman–Crippen LogP) is 4.31. The van der Waals surface area contributed by atoms with Crippen LogP contribution < -0.4 is 10.1 Å². The zero-order valence-electron chi connectivity index (χ0n) is 15.3. The number of urea groups is 1. The summed E-state index contributed by atoms with van der Waals surface area (Å²) in [6.07, 6.45) is 0. The van der Waals surface area contributed by atoms with Gasteiger partial charge in [0.2, 0.25) is 0 Å². The fourth-order valence-electron chi connectivity index (χ4n) is 2.38. The largest absolute Gasteiger partial charge is 0.492 e. The normalized spacial score (nSPS) is 10.7. The zero-order valence-corrected chi connectivity index (χ0v) is 15.3. The van der Waals surface area contributed by atoms with Crippen molar-refractivity contribution in [2.45, 2.75) is 26.3 Å². The Bertz CT molecular complexity index is 733. The van der Waals surface area contributed by atoms with Crippen LogP contribution in [0.3, 0.4) is 0 Å². The van der Waals surface area contributed by atoms with Gasteiger partial charge in [0.1, 0.15) is 12.4 Å². The van der Waals surface area contributed by atoms with Gasteiger partial charge >= 0.3 is 6.03 Å². The third-order valence-electron chi connectivity index (χ3n) is 3.95. The van der Waals surface area contributed by atoms with Gasteiger partial charge in [-0.2, -0.15) is 0 Å². The van der Waals surface area contributed by atoms with Crippen molar-refractivity contribution >= 4 is 6.03 Å². The number of nitrogens with one attached hydrogen (secondary N) is 1. The minimum Gasteiger partial charge on any atom is -0.492 e. The minimum atomic E-state index is -0.963. The molecule has 0 atom stereocenters. The molecule has 0 bridgehead atoms. The number of amides is 2. The number of nitrogens with zero attached hydrogens (tertiary/aromatic N) is 1. The van der Waals surface area contributed by atoms with Crippen LogP contribution >= 0.6 is 0 Å². The van der Waals surface area contributed by atoms with Crippen molar-refractivity contribution in [1.29, 1.82) is 0 Å². The van der Waals surface area contributed by atoms with Crippen molar-refractivity contribution in [1.82, 2.24) is 10.2 Å². The van der Waals surface area contributed by atoms with Crippen molar-refractivity contribution in [3.63, 3.8) is 0 Å². The Hall–Kier alpha value is -2.63. The summed E-state index contributed by atoms with van der Waals surface area (Å²) in [6.45, 7) is 5.18. The second-order valence-electron chi connectivity index (χ2n) is 6.41. The first-order chi connectivity index (χ1) is 12.4. The lowest BCUT2D eigenvalue weighted by Gasteiger charge is -2.18. The van der Waals surface area contributed by atoms with Gasteiger partial charge in [0.15, 0.2) is 11.6 Å². The first-order valence-electron chi connectivity index (χ1n) is 8.52. The van der Waals surface area contributed by atoms with Crippen molar-refractivity contribution in [3.05, 3.63) is 65.2 Å². The monoisotopic (exact) mass is 362 g/mol. The van der Waals surface area contributed by atoms with E-state index in [4.69, 9.17) is 4.74 Å². The summed E-state index contributed by atoms with van der Waals surface area (Å²) in [5, 5.41) is 2.72. The number of carbonyl (C=O) groups is 1. The fraction of sp³-hybridized carbons (Fsp3) is 0.350. The first-order valence-corrected chi connectivity index (χ1v) is 8.52. The molecule has 0 unspecified atom stereocenters. The maximum absolute atomic E-state index is 13.1. The topological polar surface area (TPSA) is 41.6 Å². The third kappa shape index (κ3) is 5.72. The van der Waals surface area contributed by atoms with Crippen LogP contribution in [0.2, 0.25) is 0 Å². The van der Waals surface area contributed by atoms with E-state index in [9.17, 15) is 13.6 Å². The molecule has 0 saturated heterocycles. The first kappa shape index (κ1) is 19.7. The lowest BCUT2D eigenvalue weighted by Crippen LogP contribution is -2.38. The van der Waals surface area contributed by atoms with E-state index in [0.29, 0.717) is 12.5 Å². The van der Waals surface area contributed by atoms with Gasteiger partial charge in [-0.15, -0.1) is 0 Å². The standard InChI is InChI=1S/C20H24F2N2O2/c1-14(2)16-6-4-15(5-7-16)13-24(3)20(25)23-10-11-26-17-8-9-18(21)19(22)12-17/h4-9,12,14H,10-11,13H2,1-3H3,(H,23,25). The van der Waals surface area contributed by atoms with E-state index in [0.717, 1.165) is 17.7 Å². The number of carbonyl (C=O) groups excluding carboxylic acids is 1. The van der Waals surface area contributed by atoms with Crippen molar-refractivity contribution in [2.24, 2.45) is 0 Å². The molecular formula is C20H24F2N2O2. The van der Waals surface area contributed by atoms with E-state index in [-0.39, 0.29) is 24.9 Å². The number of rotatable bonds is 7. The summed E-state index contributed by atoms with van der Waals surface area (Å²) in [7, 11) is 1.71. The minimum absolute atomic E-state index is 0.160. The molecular weight excluding hydrogens is 338 g/mol. The lowest BCUT2D eigenvalue weighted by molar-refractivity contribution is 0.203. The molecule has 0 spiro atoms. The van der Waals surface area contributed by atoms with Gasteiger partial charge in [0, 0.05) is 19.7 Å². The number of hydrogen-bond acceptors (Lipinski definition) is 2. The van der Waals surface area contributed by atoms with Crippen LogP contribution in [0.25, 0.3) is 0 Å². The van der Waals surface area contributed by atoms with Crippen LogP contribution in [0.4, 0.5) is 13.6 Å². The number of benzene rings is 2. The molecule has 0 aliphatic heterocycles. The molecule has 140 valence electrons. The average Bonchev–Trinajstić information content (AvgIpc) is 2.61. The summed E-state index contributed by atoms with van der Waals surface area (Å²) in [5.41, 5.74) is 2.31. The smallest absolute Gasteiger partial charge is 0.317 e. The third-order valence-corrected chi connectivity index (χ3v) is 3.95. The van der Waals surface area contributed by atoms with Crippen LogP contribution in [0.1, 0.15) is 30.9 Å². The van der Waals surface area contributed by atoms with E-state index in [2.05, 4.69) is 31.3 Å². The summed E-state index contributed by atoms with van der Waals surface area (Å²) in [4.78, 5) is 13.7. The summed E-state index contributed by atoms with van der Waals surface area (Å²) >= 11 is 0. The second-order valence-corrected chi connectivity index (χ2v) is 6.41. The van der Waals surface area contributed by atoms with Crippen molar-refractivity contribution in [3.8, 4) is 5.75 Å². The van der Waals surface area contributed by atoms with E-state index in [1.165, 1.54) is 11.6 Å². The maximum Gasteiger partial charge on any atom is 0.317 e. The van der Waals surface area contributed by atoms with Gasteiger partial charge in [-0.3, -0.25) is 0 Å². The highest BCUT2D eigenvalue weighted by molar-refractivity contribution is 5.73. The van der Waals surface area contributed by atoms with Crippen LogP contribution in [-0.4, -0.2) is 31.1 Å². The van der Waals surface area contributed by atoms with Crippen LogP contribution in [0.5, 0.6) is 5.75 Å². The Balaban J connectivity index is 1.73. The molecule has 0 heterocycles. The van der Waals surface area contributed by atoms with Crippen LogP contribution in [0, 0.1) is 11.6 Å². The molecule has 2 rings (SSSR count). The van der Waals surface area contributed by atoms with Gasteiger partial charge in [-0.1, -0.05) is 38.1 Å². The molecule has 1 N–H and O–H groups in total. The van der Waals surface area contributed by atoms with Crippen molar-refractivity contribution in [2.75, 3.05) is 20.2 Å². The highest BCUT2D eigenvalue weighted by Gasteiger charge is 2.09. The van der Waals surface area contributed by atoms with Gasteiger partial charge < -0.3 is 15.0 Å². The highest BCUT2D eigenvalue weighted by Crippen LogP contribution is 2.16. The Morgan fingerprint density at radius 1 is 1.12 bits per heavy atom. The quantitative estimate of drug-likeness (QED) is 0.746. The SMILES string of the molecule is CC(C)c1ccc(CN(C)C(=O)NCCOc2ccc(F)c(F)c2)cc1. The highest BCUT2D eigenvalue weighted by atomic mass is 19.2. The molecule has 0 saturated carbocycles. The molecule has 6 heteroatoms. The van der Waals surface area contributed by atoms with Crippen molar-refractivity contribution < 1.29 is 18.3 Å². The molecule has 0 radical (unpaired) electrons. The van der Waals surface area contributed by atoms with Crippen LogP contribution in [-0.2, 0) is 6.54 Å². The average molecular weight is 362 g/mol. The van der Waals surface area contributed by atoms with Gasteiger partial charge in [0.25, 0.3) is 0 Å². The number of hydrogen-bond donors (Lipinski definition) is 1. The number of ether oxygens (including phenoxy) is 1.